The molecule has 1 saturated heterocycles. The van der Waals surface area contributed by atoms with Crippen molar-refractivity contribution in [2.24, 2.45) is 5.92 Å². The molecular formula is C16H18F3N7O2. The second-order valence-electron chi connectivity index (χ2n) is 6.35. The average molecular weight is 397 g/mol. The Labute approximate surface area is 157 Å². The molecule has 4 heterocycles. The number of halogens is 3. The fraction of sp³-hybridized carbons (Fsp3) is 0.500. The number of aromatic amines is 1. The SMILES string of the molecule is FCC(C1CCOCC1)n1ncc2ncc(Nc3cc(OC(F)F)[nH]n3)nc21. The predicted octanol–water partition coefficient (Wildman–Crippen LogP) is 2.83. The Hall–Kier alpha value is -2.89. The lowest BCUT2D eigenvalue weighted by Gasteiger charge is -2.28. The first-order chi connectivity index (χ1) is 13.6. The lowest BCUT2D eigenvalue weighted by Crippen LogP contribution is -2.28. The van der Waals surface area contributed by atoms with Crippen LogP contribution in [0.5, 0.6) is 5.88 Å². The van der Waals surface area contributed by atoms with Crippen molar-refractivity contribution in [1.82, 2.24) is 29.9 Å². The number of nitrogens with zero attached hydrogens (tertiary/aromatic N) is 5. The van der Waals surface area contributed by atoms with Crippen LogP contribution in [0.4, 0.5) is 24.8 Å². The lowest BCUT2D eigenvalue weighted by atomic mass is 9.92. The fourth-order valence-electron chi connectivity index (χ4n) is 3.27. The molecule has 1 aliphatic heterocycles. The lowest BCUT2D eigenvalue weighted by molar-refractivity contribution is -0.0528. The van der Waals surface area contributed by atoms with Crippen molar-refractivity contribution in [2.45, 2.75) is 25.5 Å². The summed E-state index contributed by atoms with van der Waals surface area (Å²) in [5.41, 5.74) is 0.957. The molecule has 0 aromatic carbocycles. The van der Waals surface area contributed by atoms with Crippen molar-refractivity contribution in [2.75, 3.05) is 25.2 Å². The van der Waals surface area contributed by atoms with Gasteiger partial charge in [0.25, 0.3) is 0 Å². The van der Waals surface area contributed by atoms with Gasteiger partial charge in [-0.2, -0.15) is 19.0 Å². The fourth-order valence-corrected chi connectivity index (χ4v) is 3.27. The number of ether oxygens (including phenoxy) is 2. The molecule has 1 aliphatic rings. The van der Waals surface area contributed by atoms with Crippen LogP contribution in [0.25, 0.3) is 11.2 Å². The standard InChI is InChI=1S/C16H18F3N7O2/c17-6-11(9-1-3-27-4-2-9)26-15-10(7-21-26)20-8-13(23-15)22-12-5-14(25-24-12)28-16(18)19/h5,7-9,11,16H,1-4,6H2,(H2,22,23,24,25). The minimum absolute atomic E-state index is 0.0978. The van der Waals surface area contributed by atoms with Gasteiger partial charge in [-0.25, -0.2) is 24.1 Å². The molecule has 0 amide bonds. The van der Waals surface area contributed by atoms with Crippen molar-refractivity contribution < 1.29 is 22.6 Å². The first kappa shape index (κ1) is 18.5. The Morgan fingerprint density at radius 3 is 2.86 bits per heavy atom. The molecule has 0 radical (unpaired) electrons. The number of hydrogen-bond acceptors (Lipinski definition) is 7. The third kappa shape index (κ3) is 3.86. The van der Waals surface area contributed by atoms with E-state index >= 15 is 0 Å². The molecule has 0 spiro atoms. The van der Waals surface area contributed by atoms with Crippen molar-refractivity contribution in [3.63, 3.8) is 0 Å². The summed E-state index contributed by atoms with van der Waals surface area (Å²) in [7, 11) is 0. The Morgan fingerprint density at radius 1 is 1.29 bits per heavy atom. The highest BCUT2D eigenvalue weighted by Crippen LogP contribution is 2.30. The van der Waals surface area contributed by atoms with E-state index < -0.39 is 19.3 Å². The van der Waals surface area contributed by atoms with Crippen LogP contribution in [0.15, 0.2) is 18.5 Å². The Bertz CT molecular complexity index is 926. The number of aromatic nitrogens is 6. The predicted molar refractivity (Wildman–Crippen MR) is 92.4 cm³/mol. The van der Waals surface area contributed by atoms with E-state index in [4.69, 9.17) is 4.74 Å². The summed E-state index contributed by atoms with van der Waals surface area (Å²) in [6.07, 6.45) is 4.50. The third-order valence-corrected chi connectivity index (χ3v) is 4.61. The zero-order valence-electron chi connectivity index (χ0n) is 14.7. The number of H-pyrrole nitrogens is 1. The molecule has 2 N–H and O–H groups in total. The number of anilines is 2. The number of hydrogen-bond donors (Lipinski definition) is 2. The summed E-state index contributed by atoms with van der Waals surface area (Å²) in [6, 6.07) is 0.809. The van der Waals surface area contributed by atoms with E-state index in [1.54, 1.807) is 4.68 Å². The van der Waals surface area contributed by atoms with Crippen LogP contribution in [-0.4, -0.2) is 56.4 Å². The first-order valence-electron chi connectivity index (χ1n) is 8.75. The average Bonchev–Trinajstić information content (AvgIpc) is 3.30. The molecule has 4 rings (SSSR count). The van der Waals surface area contributed by atoms with Gasteiger partial charge in [-0.1, -0.05) is 0 Å². The maximum absolute atomic E-state index is 13.8. The second-order valence-corrected chi connectivity index (χ2v) is 6.35. The first-order valence-corrected chi connectivity index (χ1v) is 8.75. The molecule has 1 fully saturated rings. The largest absolute Gasteiger partial charge is 0.417 e. The normalized spacial score (nSPS) is 16.6. The number of alkyl halides is 3. The highest BCUT2D eigenvalue weighted by Gasteiger charge is 2.28. The minimum Gasteiger partial charge on any atom is -0.417 e. The summed E-state index contributed by atoms with van der Waals surface area (Å²) in [4.78, 5) is 8.72. The monoisotopic (exact) mass is 397 g/mol. The molecule has 3 aromatic rings. The van der Waals surface area contributed by atoms with E-state index in [1.165, 1.54) is 18.5 Å². The van der Waals surface area contributed by atoms with Gasteiger partial charge in [0, 0.05) is 19.3 Å². The molecule has 150 valence electrons. The summed E-state index contributed by atoms with van der Waals surface area (Å²) >= 11 is 0. The van der Waals surface area contributed by atoms with E-state index in [1.807, 2.05) is 0 Å². The summed E-state index contributed by atoms with van der Waals surface area (Å²) < 4.78 is 49.5. The highest BCUT2D eigenvalue weighted by atomic mass is 19.3. The Balaban J connectivity index is 1.57. The smallest absolute Gasteiger partial charge is 0.388 e. The van der Waals surface area contributed by atoms with Gasteiger partial charge in [0.05, 0.1) is 18.4 Å². The molecule has 0 saturated carbocycles. The summed E-state index contributed by atoms with van der Waals surface area (Å²) in [6.45, 7) is -2.34. The molecule has 3 aromatic heterocycles. The van der Waals surface area contributed by atoms with E-state index in [0.717, 1.165) is 12.8 Å². The summed E-state index contributed by atoms with van der Waals surface area (Å²) in [5, 5.41) is 13.3. The van der Waals surface area contributed by atoms with E-state index in [9.17, 15) is 13.2 Å². The van der Waals surface area contributed by atoms with Crippen LogP contribution >= 0.6 is 0 Å². The van der Waals surface area contributed by atoms with Gasteiger partial charge >= 0.3 is 6.61 Å². The molecule has 1 unspecified atom stereocenters. The molecule has 9 nitrogen and oxygen atoms in total. The van der Waals surface area contributed by atoms with Gasteiger partial charge < -0.3 is 14.8 Å². The van der Waals surface area contributed by atoms with Gasteiger partial charge in [0.1, 0.15) is 12.2 Å². The van der Waals surface area contributed by atoms with Crippen molar-refractivity contribution in [3.05, 3.63) is 18.5 Å². The zero-order valence-corrected chi connectivity index (χ0v) is 14.7. The quantitative estimate of drug-likeness (QED) is 0.632. The summed E-state index contributed by atoms with van der Waals surface area (Å²) in [5.74, 6) is 0.449. The topological polar surface area (TPSA) is 103 Å². The maximum atomic E-state index is 13.8. The van der Waals surface area contributed by atoms with Crippen LogP contribution < -0.4 is 10.1 Å². The minimum atomic E-state index is -2.96. The molecular weight excluding hydrogens is 379 g/mol. The molecule has 1 atom stereocenters. The van der Waals surface area contributed by atoms with Gasteiger partial charge in [-0.05, 0) is 18.8 Å². The van der Waals surface area contributed by atoms with E-state index in [0.29, 0.717) is 30.2 Å². The van der Waals surface area contributed by atoms with E-state index in [2.05, 4.69) is 35.3 Å². The van der Waals surface area contributed by atoms with Crippen LogP contribution in [0.1, 0.15) is 18.9 Å². The molecule has 0 bridgehead atoms. The van der Waals surface area contributed by atoms with Gasteiger partial charge in [0.15, 0.2) is 17.3 Å². The van der Waals surface area contributed by atoms with E-state index in [-0.39, 0.29) is 17.6 Å². The van der Waals surface area contributed by atoms with Crippen molar-refractivity contribution >= 4 is 22.8 Å². The van der Waals surface area contributed by atoms with Crippen molar-refractivity contribution in [1.29, 1.82) is 0 Å². The number of rotatable bonds is 7. The Morgan fingerprint density at radius 2 is 2.11 bits per heavy atom. The maximum Gasteiger partial charge on any atom is 0.388 e. The third-order valence-electron chi connectivity index (χ3n) is 4.61. The molecule has 28 heavy (non-hydrogen) atoms. The van der Waals surface area contributed by atoms with Crippen LogP contribution in [0.3, 0.4) is 0 Å². The number of nitrogens with one attached hydrogen (secondary N) is 2. The zero-order chi connectivity index (χ0) is 19.5. The van der Waals surface area contributed by atoms with Crippen LogP contribution in [0.2, 0.25) is 0 Å². The van der Waals surface area contributed by atoms with Gasteiger partial charge in [0.2, 0.25) is 5.88 Å². The molecule has 0 aliphatic carbocycles. The second kappa shape index (κ2) is 8.00. The highest BCUT2D eigenvalue weighted by molar-refractivity contribution is 5.72. The number of fused-ring (bicyclic) bond motifs is 1. The van der Waals surface area contributed by atoms with Crippen LogP contribution in [-0.2, 0) is 4.74 Å². The van der Waals surface area contributed by atoms with Gasteiger partial charge in [-0.3, -0.25) is 0 Å². The molecule has 12 heteroatoms. The Kier molecular flexibility index (Phi) is 5.28. The van der Waals surface area contributed by atoms with Crippen molar-refractivity contribution in [3.8, 4) is 5.88 Å². The van der Waals surface area contributed by atoms with Gasteiger partial charge in [-0.15, -0.1) is 0 Å². The van der Waals surface area contributed by atoms with Crippen LogP contribution in [0, 0.1) is 5.92 Å².